The molecule has 1 atom stereocenters. The summed E-state index contributed by atoms with van der Waals surface area (Å²) in [4.78, 5) is 12.5. The first-order chi connectivity index (χ1) is 11.0. The molecule has 0 radical (unpaired) electrons. The average molecular weight is 369 g/mol. The summed E-state index contributed by atoms with van der Waals surface area (Å²) in [6.45, 7) is 0. The molecule has 3 nitrogen and oxygen atoms in total. The number of benzene rings is 2. The van der Waals surface area contributed by atoms with Crippen molar-refractivity contribution in [1.82, 2.24) is 5.32 Å². The summed E-state index contributed by atoms with van der Waals surface area (Å²) in [7, 11) is 0. The quantitative estimate of drug-likeness (QED) is 0.769. The molecule has 1 fully saturated rings. The first-order valence-corrected chi connectivity index (χ1v) is 8.32. The maximum Gasteiger partial charge on any atom is 0.260 e. The van der Waals surface area contributed by atoms with Crippen LogP contribution in [0, 0.1) is 5.82 Å². The standard InChI is InChI=1S/C16H11Cl2FN2OS/c17-10-6-5-9(11(18)8-10)7-14-15(22)21-16(23-14)20-13-4-2-1-3-12(13)19/h1-8,16,20H,(H,21,22)/b14-7-. The van der Waals surface area contributed by atoms with Crippen molar-refractivity contribution < 1.29 is 9.18 Å². The number of hydrogen-bond donors (Lipinski definition) is 2. The molecule has 1 aliphatic heterocycles. The Morgan fingerprint density at radius 3 is 2.74 bits per heavy atom. The molecule has 2 aromatic rings. The van der Waals surface area contributed by atoms with Gasteiger partial charge in [0.15, 0.2) is 5.50 Å². The van der Waals surface area contributed by atoms with Crippen LogP contribution in [-0.2, 0) is 4.79 Å². The Bertz CT molecular complexity index is 797. The van der Waals surface area contributed by atoms with Crippen molar-refractivity contribution in [3.8, 4) is 0 Å². The SMILES string of the molecule is O=C1NC(Nc2ccccc2F)S/C1=C\c1ccc(Cl)cc1Cl. The van der Waals surface area contributed by atoms with Crippen LogP contribution in [0.1, 0.15) is 5.56 Å². The molecule has 0 spiro atoms. The fourth-order valence-corrected chi connectivity index (χ4v) is 3.47. The summed E-state index contributed by atoms with van der Waals surface area (Å²) in [5, 5.41) is 6.67. The molecule has 0 saturated carbocycles. The Labute approximate surface area is 146 Å². The number of amides is 1. The molecule has 0 aliphatic carbocycles. The smallest absolute Gasteiger partial charge is 0.260 e. The Kier molecular flexibility index (Phi) is 4.80. The number of halogens is 3. The van der Waals surface area contributed by atoms with E-state index in [1.165, 1.54) is 17.8 Å². The van der Waals surface area contributed by atoms with Crippen LogP contribution < -0.4 is 10.6 Å². The molecule has 0 bridgehead atoms. The van der Waals surface area contributed by atoms with Crippen LogP contribution in [0.4, 0.5) is 10.1 Å². The van der Waals surface area contributed by atoms with Crippen molar-refractivity contribution in [2.45, 2.75) is 5.50 Å². The summed E-state index contributed by atoms with van der Waals surface area (Å²) in [5.41, 5.74) is 0.577. The van der Waals surface area contributed by atoms with E-state index >= 15 is 0 Å². The highest BCUT2D eigenvalue weighted by Crippen LogP contribution is 2.32. The largest absolute Gasteiger partial charge is 0.354 e. The van der Waals surface area contributed by atoms with Gasteiger partial charge in [0.2, 0.25) is 0 Å². The van der Waals surface area contributed by atoms with Gasteiger partial charge in [-0.05, 0) is 35.9 Å². The minimum absolute atomic E-state index is 0.241. The fourth-order valence-electron chi connectivity index (χ4n) is 2.04. The van der Waals surface area contributed by atoms with Gasteiger partial charge in [-0.3, -0.25) is 4.79 Å². The van der Waals surface area contributed by atoms with Crippen molar-refractivity contribution in [2.75, 3.05) is 5.32 Å². The maximum absolute atomic E-state index is 13.6. The van der Waals surface area contributed by atoms with E-state index in [0.717, 1.165) is 0 Å². The third-order valence-corrected chi connectivity index (χ3v) is 4.73. The molecule has 1 amide bonds. The number of hydrogen-bond acceptors (Lipinski definition) is 3. The number of thioether (sulfide) groups is 1. The second-order valence-electron chi connectivity index (χ2n) is 4.77. The zero-order valence-corrected chi connectivity index (χ0v) is 14.0. The lowest BCUT2D eigenvalue weighted by Gasteiger charge is -2.12. The normalized spacial score (nSPS) is 19.0. The van der Waals surface area contributed by atoms with E-state index in [2.05, 4.69) is 10.6 Å². The number of nitrogens with one attached hydrogen (secondary N) is 2. The second-order valence-corrected chi connectivity index (χ2v) is 6.76. The van der Waals surface area contributed by atoms with E-state index in [1.54, 1.807) is 42.5 Å². The van der Waals surface area contributed by atoms with Gasteiger partial charge < -0.3 is 10.6 Å². The minimum atomic E-state index is -0.447. The van der Waals surface area contributed by atoms with Crippen LogP contribution in [0.2, 0.25) is 10.0 Å². The number of carbonyl (C=O) groups is 1. The molecule has 1 aliphatic rings. The van der Waals surface area contributed by atoms with E-state index in [9.17, 15) is 9.18 Å². The molecule has 2 N–H and O–H groups in total. The van der Waals surface area contributed by atoms with Crippen LogP contribution in [0.25, 0.3) is 6.08 Å². The third-order valence-electron chi connectivity index (χ3n) is 3.14. The predicted octanol–water partition coefficient (Wildman–Crippen LogP) is 4.73. The van der Waals surface area contributed by atoms with E-state index in [0.29, 0.717) is 26.2 Å². The van der Waals surface area contributed by atoms with Gasteiger partial charge in [-0.2, -0.15) is 0 Å². The van der Waals surface area contributed by atoms with Crippen molar-refractivity contribution in [3.05, 3.63) is 68.8 Å². The van der Waals surface area contributed by atoms with Crippen LogP contribution in [0.15, 0.2) is 47.4 Å². The summed E-state index contributed by atoms with van der Waals surface area (Å²) >= 11 is 13.2. The summed E-state index contributed by atoms with van der Waals surface area (Å²) in [5.74, 6) is -0.615. The maximum atomic E-state index is 13.6. The molecule has 1 saturated heterocycles. The number of para-hydroxylation sites is 1. The third kappa shape index (κ3) is 3.80. The zero-order valence-electron chi connectivity index (χ0n) is 11.6. The molecule has 1 unspecified atom stereocenters. The van der Waals surface area contributed by atoms with Gasteiger partial charge in [0.25, 0.3) is 5.91 Å². The van der Waals surface area contributed by atoms with Gasteiger partial charge in [-0.15, -0.1) is 0 Å². The molecular formula is C16H11Cl2FN2OS. The van der Waals surface area contributed by atoms with Crippen LogP contribution in [0.3, 0.4) is 0 Å². The van der Waals surface area contributed by atoms with E-state index < -0.39 is 5.50 Å². The van der Waals surface area contributed by atoms with Crippen molar-refractivity contribution in [1.29, 1.82) is 0 Å². The number of rotatable bonds is 3. The number of carbonyl (C=O) groups excluding carboxylic acids is 1. The Morgan fingerprint density at radius 2 is 2.00 bits per heavy atom. The molecule has 2 aromatic carbocycles. The topological polar surface area (TPSA) is 41.1 Å². The van der Waals surface area contributed by atoms with E-state index in [1.807, 2.05) is 0 Å². The predicted molar refractivity (Wildman–Crippen MR) is 94.0 cm³/mol. The van der Waals surface area contributed by atoms with Gasteiger partial charge in [0.1, 0.15) is 5.82 Å². The number of anilines is 1. The lowest BCUT2D eigenvalue weighted by molar-refractivity contribution is -0.116. The first kappa shape index (κ1) is 16.2. The average Bonchev–Trinajstić information content (AvgIpc) is 2.84. The van der Waals surface area contributed by atoms with Crippen molar-refractivity contribution in [2.24, 2.45) is 0 Å². The Hall–Kier alpha value is -1.69. The summed E-state index contributed by atoms with van der Waals surface area (Å²) < 4.78 is 13.6. The van der Waals surface area contributed by atoms with Crippen molar-refractivity contribution in [3.63, 3.8) is 0 Å². The van der Waals surface area contributed by atoms with Gasteiger partial charge in [0, 0.05) is 10.0 Å². The van der Waals surface area contributed by atoms with Crippen molar-refractivity contribution >= 4 is 52.6 Å². The van der Waals surface area contributed by atoms with Crippen LogP contribution >= 0.6 is 35.0 Å². The van der Waals surface area contributed by atoms with Gasteiger partial charge in [-0.25, -0.2) is 4.39 Å². The van der Waals surface area contributed by atoms with Gasteiger partial charge in [0.05, 0.1) is 10.6 Å². The highest BCUT2D eigenvalue weighted by atomic mass is 35.5. The van der Waals surface area contributed by atoms with Gasteiger partial charge >= 0.3 is 0 Å². The fraction of sp³-hybridized carbons (Fsp3) is 0.0625. The van der Waals surface area contributed by atoms with Crippen LogP contribution in [0.5, 0.6) is 0 Å². The van der Waals surface area contributed by atoms with E-state index in [4.69, 9.17) is 23.2 Å². The van der Waals surface area contributed by atoms with E-state index in [-0.39, 0.29) is 11.7 Å². The zero-order chi connectivity index (χ0) is 16.4. The molecule has 118 valence electrons. The molecule has 7 heteroatoms. The minimum Gasteiger partial charge on any atom is -0.354 e. The highest BCUT2D eigenvalue weighted by Gasteiger charge is 2.27. The molecule has 0 aromatic heterocycles. The Balaban J connectivity index is 1.77. The lowest BCUT2D eigenvalue weighted by Crippen LogP contribution is -2.31. The van der Waals surface area contributed by atoms with Gasteiger partial charge in [-0.1, -0.05) is 53.2 Å². The Morgan fingerprint density at radius 1 is 1.22 bits per heavy atom. The monoisotopic (exact) mass is 368 g/mol. The highest BCUT2D eigenvalue weighted by molar-refractivity contribution is 8.05. The summed E-state index contributed by atoms with van der Waals surface area (Å²) in [6, 6.07) is 11.3. The first-order valence-electron chi connectivity index (χ1n) is 6.68. The van der Waals surface area contributed by atoms with Crippen LogP contribution in [-0.4, -0.2) is 11.4 Å². The molecular weight excluding hydrogens is 358 g/mol. The summed E-state index contributed by atoms with van der Waals surface area (Å²) in [6.07, 6.45) is 1.68. The molecule has 1 heterocycles. The molecule has 3 rings (SSSR count). The lowest BCUT2D eigenvalue weighted by atomic mass is 10.2. The second kappa shape index (κ2) is 6.83. The molecule has 23 heavy (non-hydrogen) atoms.